The first-order chi connectivity index (χ1) is 8.65. The van der Waals surface area contributed by atoms with Gasteiger partial charge >= 0.3 is 0 Å². The number of fused-ring (bicyclic) bond motifs is 2. The topological polar surface area (TPSA) is 59.0 Å². The second-order valence-electron chi connectivity index (χ2n) is 5.49. The normalized spacial score (nSPS) is 29.8. The Morgan fingerprint density at radius 1 is 1.61 bits per heavy atom. The highest BCUT2D eigenvalue weighted by atomic mass is 16.1. The van der Waals surface area contributed by atoms with E-state index in [1.54, 1.807) is 0 Å². The van der Waals surface area contributed by atoms with Crippen LogP contribution in [0, 0.1) is 12.8 Å². The molecule has 5 nitrogen and oxygen atoms in total. The predicted octanol–water partition coefficient (Wildman–Crippen LogP) is 0.485. The minimum absolute atomic E-state index is 0.167. The molecule has 1 aromatic rings. The van der Waals surface area contributed by atoms with Crippen molar-refractivity contribution < 1.29 is 4.79 Å². The molecule has 2 bridgehead atoms. The van der Waals surface area contributed by atoms with Crippen LogP contribution in [0.25, 0.3) is 0 Å². The molecule has 1 amide bonds. The fourth-order valence-electron chi connectivity index (χ4n) is 3.15. The smallest absolute Gasteiger partial charge is 0.225 e. The van der Waals surface area contributed by atoms with Crippen LogP contribution in [0.15, 0.2) is 6.20 Å². The first-order valence-electron chi connectivity index (χ1n) is 6.66. The zero-order chi connectivity index (χ0) is 12.7. The number of carbonyl (C=O) groups is 1. The van der Waals surface area contributed by atoms with Gasteiger partial charge in [0.15, 0.2) is 0 Å². The van der Waals surface area contributed by atoms with Gasteiger partial charge in [-0.05, 0) is 26.2 Å². The SMILES string of the molecule is Cc1c(CNC(=O)C2CC3CCC2N3)cnn1C. The zero-order valence-electron chi connectivity index (χ0n) is 10.9. The van der Waals surface area contributed by atoms with Crippen LogP contribution < -0.4 is 10.6 Å². The maximum atomic E-state index is 12.1. The fraction of sp³-hybridized carbons (Fsp3) is 0.692. The fourth-order valence-corrected chi connectivity index (χ4v) is 3.15. The van der Waals surface area contributed by atoms with Crippen molar-refractivity contribution >= 4 is 5.91 Å². The molecule has 18 heavy (non-hydrogen) atoms. The summed E-state index contributed by atoms with van der Waals surface area (Å²) in [4.78, 5) is 12.1. The molecule has 3 unspecified atom stereocenters. The first-order valence-corrected chi connectivity index (χ1v) is 6.66. The minimum atomic E-state index is 0.167. The van der Waals surface area contributed by atoms with E-state index in [0.717, 1.165) is 24.1 Å². The van der Waals surface area contributed by atoms with E-state index in [1.807, 2.05) is 24.9 Å². The third-order valence-corrected chi connectivity index (χ3v) is 4.43. The molecule has 0 radical (unpaired) electrons. The lowest BCUT2D eigenvalue weighted by Gasteiger charge is -2.19. The average molecular weight is 248 g/mol. The van der Waals surface area contributed by atoms with Crippen molar-refractivity contribution in [3.63, 3.8) is 0 Å². The van der Waals surface area contributed by atoms with Crippen LogP contribution in [0.5, 0.6) is 0 Å². The first kappa shape index (κ1) is 11.7. The summed E-state index contributed by atoms with van der Waals surface area (Å²) >= 11 is 0. The van der Waals surface area contributed by atoms with E-state index in [4.69, 9.17) is 0 Å². The number of amides is 1. The Morgan fingerprint density at radius 3 is 3.00 bits per heavy atom. The summed E-state index contributed by atoms with van der Waals surface area (Å²) < 4.78 is 1.83. The zero-order valence-corrected chi connectivity index (χ0v) is 10.9. The summed E-state index contributed by atoms with van der Waals surface area (Å²) in [5.74, 6) is 0.360. The van der Waals surface area contributed by atoms with Crippen molar-refractivity contribution in [2.45, 2.75) is 44.8 Å². The van der Waals surface area contributed by atoms with Crippen molar-refractivity contribution in [1.82, 2.24) is 20.4 Å². The second kappa shape index (κ2) is 4.39. The van der Waals surface area contributed by atoms with Crippen LogP contribution in [0.3, 0.4) is 0 Å². The van der Waals surface area contributed by atoms with E-state index in [2.05, 4.69) is 15.7 Å². The van der Waals surface area contributed by atoms with Gasteiger partial charge in [0.2, 0.25) is 5.91 Å². The summed E-state index contributed by atoms with van der Waals surface area (Å²) in [5.41, 5.74) is 2.21. The van der Waals surface area contributed by atoms with Gasteiger partial charge in [0.25, 0.3) is 0 Å². The lowest BCUT2D eigenvalue weighted by atomic mass is 9.88. The second-order valence-corrected chi connectivity index (χ2v) is 5.49. The number of aromatic nitrogens is 2. The van der Waals surface area contributed by atoms with Gasteiger partial charge in [0.05, 0.1) is 12.1 Å². The number of hydrogen-bond donors (Lipinski definition) is 2. The lowest BCUT2D eigenvalue weighted by molar-refractivity contribution is -0.125. The van der Waals surface area contributed by atoms with Gasteiger partial charge < -0.3 is 10.6 Å². The third kappa shape index (κ3) is 1.92. The molecule has 3 heterocycles. The van der Waals surface area contributed by atoms with E-state index in [0.29, 0.717) is 18.6 Å². The Labute approximate surface area is 107 Å². The number of aryl methyl sites for hydroxylation is 1. The molecule has 98 valence electrons. The van der Waals surface area contributed by atoms with E-state index < -0.39 is 0 Å². The average Bonchev–Trinajstić information content (AvgIpc) is 3.05. The van der Waals surface area contributed by atoms with Crippen molar-refractivity contribution in [1.29, 1.82) is 0 Å². The van der Waals surface area contributed by atoms with Crippen LogP contribution in [0.4, 0.5) is 0 Å². The molecule has 2 N–H and O–H groups in total. The summed E-state index contributed by atoms with van der Waals surface area (Å²) in [7, 11) is 1.92. The summed E-state index contributed by atoms with van der Waals surface area (Å²) in [5, 5.41) is 10.7. The largest absolute Gasteiger partial charge is 0.352 e. The van der Waals surface area contributed by atoms with Crippen LogP contribution in [0.1, 0.15) is 30.5 Å². The van der Waals surface area contributed by atoms with Crippen LogP contribution in [-0.2, 0) is 18.4 Å². The molecule has 0 spiro atoms. The molecule has 1 aromatic heterocycles. The van der Waals surface area contributed by atoms with Gasteiger partial charge in [0, 0.05) is 36.9 Å². The van der Waals surface area contributed by atoms with Gasteiger partial charge in [-0.1, -0.05) is 0 Å². The molecule has 0 aliphatic carbocycles. The Morgan fingerprint density at radius 2 is 2.44 bits per heavy atom. The van der Waals surface area contributed by atoms with Gasteiger partial charge in [-0.2, -0.15) is 5.10 Å². The van der Waals surface area contributed by atoms with Crippen molar-refractivity contribution in [3.8, 4) is 0 Å². The minimum Gasteiger partial charge on any atom is -0.352 e. The quantitative estimate of drug-likeness (QED) is 0.818. The van der Waals surface area contributed by atoms with E-state index >= 15 is 0 Å². The van der Waals surface area contributed by atoms with E-state index in [-0.39, 0.29) is 11.8 Å². The third-order valence-electron chi connectivity index (χ3n) is 4.43. The van der Waals surface area contributed by atoms with Gasteiger partial charge in [-0.3, -0.25) is 9.48 Å². The van der Waals surface area contributed by atoms with Crippen molar-refractivity contribution in [3.05, 3.63) is 17.5 Å². The molecular formula is C13H20N4O. The molecule has 3 atom stereocenters. The monoisotopic (exact) mass is 248 g/mol. The molecule has 2 aliphatic heterocycles. The number of nitrogens with one attached hydrogen (secondary N) is 2. The summed E-state index contributed by atoms with van der Waals surface area (Å²) in [6.45, 7) is 2.61. The number of hydrogen-bond acceptors (Lipinski definition) is 3. The van der Waals surface area contributed by atoms with Gasteiger partial charge in [-0.15, -0.1) is 0 Å². The molecule has 5 heteroatoms. The Balaban J connectivity index is 1.57. The molecular weight excluding hydrogens is 228 g/mol. The summed E-state index contributed by atoms with van der Waals surface area (Å²) in [6, 6.07) is 0.982. The molecule has 0 saturated carbocycles. The maximum Gasteiger partial charge on any atom is 0.225 e. The highest BCUT2D eigenvalue weighted by Gasteiger charge is 2.42. The van der Waals surface area contributed by atoms with Crippen LogP contribution in [0.2, 0.25) is 0 Å². The van der Waals surface area contributed by atoms with E-state index in [1.165, 1.54) is 6.42 Å². The molecule has 3 rings (SSSR count). The number of rotatable bonds is 3. The highest BCUT2D eigenvalue weighted by molar-refractivity contribution is 5.80. The number of carbonyl (C=O) groups excluding carboxylic acids is 1. The standard InChI is InChI=1S/C13H20N4O/c1-8-9(7-15-17(8)2)6-14-13(18)11-5-10-3-4-12(11)16-10/h7,10-12,16H,3-6H2,1-2H3,(H,14,18). The Kier molecular flexibility index (Phi) is 2.86. The Bertz CT molecular complexity index is 468. The maximum absolute atomic E-state index is 12.1. The number of nitrogens with zero attached hydrogens (tertiary/aromatic N) is 2. The summed E-state index contributed by atoms with van der Waals surface area (Å²) in [6.07, 6.45) is 5.21. The Hall–Kier alpha value is -1.36. The van der Waals surface area contributed by atoms with E-state index in [9.17, 15) is 4.79 Å². The van der Waals surface area contributed by atoms with Gasteiger partial charge in [0.1, 0.15) is 0 Å². The van der Waals surface area contributed by atoms with Crippen LogP contribution >= 0.6 is 0 Å². The molecule has 2 aliphatic rings. The van der Waals surface area contributed by atoms with Crippen molar-refractivity contribution in [2.75, 3.05) is 0 Å². The molecule has 2 saturated heterocycles. The van der Waals surface area contributed by atoms with Crippen LogP contribution in [-0.4, -0.2) is 27.8 Å². The molecule has 0 aromatic carbocycles. The predicted molar refractivity (Wildman–Crippen MR) is 67.8 cm³/mol. The lowest BCUT2D eigenvalue weighted by Crippen LogP contribution is -2.37. The highest BCUT2D eigenvalue weighted by Crippen LogP contribution is 2.33. The van der Waals surface area contributed by atoms with Gasteiger partial charge in [-0.25, -0.2) is 0 Å². The van der Waals surface area contributed by atoms with Crippen molar-refractivity contribution in [2.24, 2.45) is 13.0 Å². The molecule has 2 fully saturated rings.